The van der Waals surface area contributed by atoms with Gasteiger partial charge in [-0.15, -0.1) is 24.0 Å². The van der Waals surface area contributed by atoms with Gasteiger partial charge in [-0.05, 0) is 74.7 Å². The summed E-state index contributed by atoms with van der Waals surface area (Å²) in [5.41, 5.74) is 2.35. The summed E-state index contributed by atoms with van der Waals surface area (Å²) >= 11 is 0. The third-order valence-corrected chi connectivity index (χ3v) is 5.44. The van der Waals surface area contributed by atoms with E-state index in [1.807, 2.05) is 18.2 Å². The molecule has 6 nitrogen and oxygen atoms in total. The van der Waals surface area contributed by atoms with Gasteiger partial charge in [0.15, 0.2) is 5.96 Å². The number of ether oxygens (including phenoxy) is 1. The second-order valence-electron chi connectivity index (χ2n) is 7.60. The molecule has 1 aliphatic rings. The molecule has 0 spiro atoms. The number of guanidine groups is 1. The highest BCUT2D eigenvalue weighted by atomic mass is 127. The van der Waals surface area contributed by atoms with Crippen molar-refractivity contribution in [3.8, 4) is 11.5 Å². The highest BCUT2D eigenvalue weighted by Gasteiger charge is 2.23. The number of aliphatic imine (C=N–C) groups is 1. The second kappa shape index (κ2) is 13.4. The van der Waals surface area contributed by atoms with Gasteiger partial charge in [0.05, 0.1) is 19.7 Å². The molecule has 1 aliphatic heterocycles. The summed E-state index contributed by atoms with van der Waals surface area (Å²) in [6, 6.07) is 16.0. The van der Waals surface area contributed by atoms with Crippen molar-refractivity contribution in [3.63, 3.8) is 0 Å². The highest BCUT2D eigenvalue weighted by molar-refractivity contribution is 14.0. The van der Waals surface area contributed by atoms with E-state index in [1.165, 1.54) is 18.4 Å². The molecule has 31 heavy (non-hydrogen) atoms. The van der Waals surface area contributed by atoms with Crippen LogP contribution in [0.4, 0.5) is 0 Å². The zero-order chi connectivity index (χ0) is 21.2. The lowest BCUT2D eigenvalue weighted by molar-refractivity contribution is 0.251. The van der Waals surface area contributed by atoms with Crippen LogP contribution in [0.2, 0.25) is 0 Å². The van der Waals surface area contributed by atoms with Crippen LogP contribution in [0.3, 0.4) is 0 Å². The molecule has 1 saturated heterocycles. The number of aromatic hydroxyl groups is 1. The van der Waals surface area contributed by atoms with Crippen molar-refractivity contribution in [1.29, 1.82) is 0 Å². The predicted octanol–water partition coefficient (Wildman–Crippen LogP) is 3.95. The van der Waals surface area contributed by atoms with Gasteiger partial charge in [0, 0.05) is 13.1 Å². The first-order valence-corrected chi connectivity index (χ1v) is 10.9. The molecular formula is C24H35IN4O2. The zero-order valence-electron chi connectivity index (χ0n) is 18.5. The molecule has 0 amide bonds. The molecule has 2 aromatic carbocycles. The number of nitrogens with zero attached hydrogens (tertiary/aromatic N) is 2. The summed E-state index contributed by atoms with van der Waals surface area (Å²) in [6.45, 7) is 6.55. The fraction of sp³-hybridized carbons (Fsp3) is 0.458. The third kappa shape index (κ3) is 7.88. The number of hydrogen-bond donors (Lipinski definition) is 3. The molecule has 0 aliphatic carbocycles. The summed E-state index contributed by atoms with van der Waals surface area (Å²) in [5, 5.41) is 16.4. The number of nitrogens with one attached hydrogen (secondary N) is 2. The molecule has 2 aromatic rings. The maximum absolute atomic E-state index is 9.63. The summed E-state index contributed by atoms with van der Waals surface area (Å²) in [6.07, 6.45) is 3.31. The topological polar surface area (TPSA) is 69.1 Å². The van der Waals surface area contributed by atoms with Crippen LogP contribution < -0.4 is 15.4 Å². The third-order valence-electron chi connectivity index (χ3n) is 5.44. The van der Waals surface area contributed by atoms with Gasteiger partial charge in [-0.1, -0.05) is 24.3 Å². The Morgan fingerprint density at radius 1 is 1.13 bits per heavy atom. The van der Waals surface area contributed by atoms with Crippen molar-refractivity contribution in [3.05, 3.63) is 59.7 Å². The summed E-state index contributed by atoms with van der Waals surface area (Å²) in [7, 11) is 1.71. The number of hydrogen-bond acceptors (Lipinski definition) is 4. The van der Waals surface area contributed by atoms with E-state index < -0.39 is 0 Å². The minimum Gasteiger partial charge on any atom is -0.508 e. The summed E-state index contributed by atoms with van der Waals surface area (Å²) in [4.78, 5) is 7.42. The van der Waals surface area contributed by atoms with E-state index in [2.05, 4.69) is 40.7 Å². The maximum atomic E-state index is 9.63. The van der Waals surface area contributed by atoms with Gasteiger partial charge in [-0.2, -0.15) is 0 Å². The smallest absolute Gasteiger partial charge is 0.191 e. The standard InChI is InChI=1S/C24H34N4O2.HI/c1-3-25-24(26-13-12-19-8-6-10-21(29)16-19)27-18-23(28-14-4-5-15-28)20-9-7-11-22(17-20)30-2;/h6-11,16-17,23,29H,3-5,12-15,18H2,1-2H3,(H2,25,26,27);1H. The van der Waals surface area contributed by atoms with Gasteiger partial charge >= 0.3 is 0 Å². The molecule has 1 atom stereocenters. The van der Waals surface area contributed by atoms with Crippen LogP contribution in [0, 0.1) is 0 Å². The number of phenolic OH excluding ortho intramolecular Hbond substituents is 1. The minimum atomic E-state index is 0. The Hall–Kier alpha value is -2.00. The number of phenols is 1. The van der Waals surface area contributed by atoms with Crippen LogP contribution in [-0.4, -0.2) is 55.8 Å². The first-order valence-electron chi connectivity index (χ1n) is 10.9. The second-order valence-corrected chi connectivity index (χ2v) is 7.60. The van der Waals surface area contributed by atoms with Gasteiger partial charge in [0.25, 0.3) is 0 Å². The van der Waals surface area contributed by atoms with Crippen molar-refractivity contribution >= 4 is 29.9 Å². The van der Waals surface area contributed by atoms with E-state index in [4.69, 9.17) is 9.73 Å². The van der Waals surface area contributed by atoms with Crippen LogP contribution in [0.15, 0.2) is 53.5 Å². The summed E-state index contributed by atoms with van der Waals surface area (Å²) in [5.74, 6) is 2.02. The number of halogens is 1. The Balaban J connectivity index is 0.00000341. The quantitative estimate of drug-likeness (QED) is 0.256. The fourth-order valence-corrected chi connectivity index (χ4v) is 3.89. The zero-order valence-corrected chi connectivity index (χ0v) is 20.8. The number of likely N-dealkylation sites (tertiary alicyclic amines) is 1. The lowest BCUT2D eigenvalue weighted by atomic mass is 10.1. The Morgan fingerprint density at radius 3 is 2.61 bits per heavy atom. The Morgan fingerprint density at radius 2 is 1.90 bits per heavy atom. The molecule has 3 rings (SSSR count). The van der Waals surface area contributed by atoms with Gasteiger partial charge in [-0.3, -0.25) is 9.89 Å². The van der Waals surface area contributed by atoms with Gasteiger partial charge in [0.1, 0.15) is 11.5 Å². The number of benzene rings is 2. The fourth-order valence-electron chi connectivity index (χ4n) is 3.89. The van der Waals surface area contributed by atoms with Crippen LogP contribution in [0.5, 0.6) is 11.5 Å². The minimum absolute atomic E-state index is 0. The van der Waals surface area contributed by atoms with Crippen LogP contribution in [0.1, 0.15) is 36.9 Å². The van der Waals surface area contributed by atoms with Crippen molar-refractivity contribution in [2.75, 3.05) is 39.8 Å². The van der Waals surface area contributed by atoms with Crippen molar-refractivity contribution in [2.24, 2.45) is 4.99 Å². The normalized spacial score (nSPS) is 15.2. The van der Waals surface area contributed by atoms with Crippen molar-refractivity contribution in [2.45, 2.75) is 32.2 Å². The van der Waals surface area contributed by atoms with Gasteiger partial charge in [-0.25, -0.2) is 0 Å². The average molecular weight is 538 g/mol. The Labute approximate surface area is 203 Å². The van der Waals surface area contributed by atoms with Crippen LogP contribution in [-0.2, 0) is 6.42 Å². The molecule has 170 valence electrons. The van der Waals surface area contributed by atoms with E-state index in [1.54, 1.807) is 19.2 Å². The van der Waals surface area contributed by atoms with E-state index in [-0.39, 0.29) is 30.0 Å². The number of methoxy groups -OCH3 is 1. The first kappa shape index (κ1) is 25.3. The SMILES string of the molecule is CCNC(=NCC(c1cccc(OC)c1)N1CCCC1)NCCc1cccc(O)c1.I. The molecule has 7 heteroatoms. The molecule has 3 N–H and O–H groups in total. The molecule has 1 unspecified atom stereocenters. The largest absolute Gasteiger partial charge is 0.508 e. The average Bonchev–Trinajstić information content (AvgIpc) is 3.28. The summed E-state index contributed by atoms with van der Waals surface area (Å²) < 4.78 is 5.44. The highest BCUT2D eigenvalue weighted by Crippen LogP contribution is 2.27. The molecule has 0 radical (unpaired) electrons. The molecule has 1 heterocycles. The van der Waals surface area contributed by atoms with E-state index in [0.717, 1.165) is 49.9 Å². The maximum Gasteiger partial charge on any atom is 0.191 e. The van der Waals surface area contributed by atoms with Crippen LogP contribution >= 0.6 is 24.0 Å². The lowest BCUT2D eigenvalue weighted by Crippen LogP contribution is -2.39. The van der Waals surface area contributed by atoms with E-state index in [9.17, 15) is 5.11 Å². The molecule has 0 aromatic heterocycles. The number of rotatable bonds is 9. The van der Waals surface area contributed by atoms with E-state index >= 15 is 0 Å². The monoisotopic (exact) mass is 538 g/mol. The van der Waals surface area contributed by atoms with Crippen molar-refractivity contribution in [1.82, 2.24) is 15.5 Å². The Bertz CT molecular complexity index is 825. The van der Waals surface area contributed by atoms with Crippen LogP contribution in [0.25, 0.3) is 0 Å². The molecule has 0 bridgehead atoms. The van der Waals surface area contributed by atoms with E-state index in [0.29, 0.717) is 12.3 Å². The molecule has 0 saturated carbocycles. The first-order chi connectivity index (χ1) is 14.7. The van der Waals surface area contributed by atoms with Crippen molar-refractivity contribution < 1.29 is 9.84 Å². The lowest BCUT2D eigenvalue weighted by Gasteiger charge is -2.27. The van der Waals surface area contributed by atoms with Gasteiger partial charge < -0.3 is 20.5 Å². The predicted molar refractivity (Wildman–Crippen MR) is 138 cm³/mol. The molecular weight excluding hydrogens is 503 g/mol. The van der Waals surface area contributed by atoms with Gasteiger partial charge in [0.2, 0.25) is 0 Å². The Kier molecular flexibility index (Phi) is 10.9. The molecule has 1 fully saturated rings.